The largest absolute Gasteiger partial charge is 0.309 e. The van der Waals surface area contributed by atoms with Crippen molar-refractivity contribution < 1.29 is 24.6 Å². The molecule has 0 aromatic rings. The van der Waals surface area contributed by atoms with Crippen LogP contribution in [0.1, 0.15) is 33.6 Å². The monoisotopic (exact) mass is 264 g/mol. The lowest BCUT2D eigenvalue weighted by atomic mass is 10.0. The molecule has 0 spiro atoms. The summed E-state index contributed by atoms with van der Waals surface area (Å²) in [6.45, 7) is 4.67. The van der Waals surface area contributed by atoms with Crippen molar-refractivity contribution in [1.82, 2.24) is 0 Å². The first kappa shape index (κ1) is 16.1. The maximum atomic E-state index is 11.4. The fraction of sp³-hybridized carbons (Fsp3) is 0.889. The zero-order chi connectivity index (χ0) is 14.3. The molecule has 2 atom stereocenters. The van der Waals surface area contributed by atoms with E-state index in [1.165, 1.54) is 6.92 Å². The van der Waals surface area contributed by atoms with Crippen molar-refractivity contribution in [3.63, 3.8) is 0 Å². The van der Waals surface area contributed by atoms with Gasteiger partial charge in [-0.2, -0.15) is 0 Å². The van der Waals surface area contributed by atoms with Crippen LogP contribution >= 0.6 is 0 Å². The molecule has 0 fully saturated rings. The van der Waals surface area contributed by atoms with Gasteiger partial charge in [-0.05, 0) is 13.3 Å². The summed E-state index contributed by atoms with van der Waals surface area (Å²) in [4.78, 5) is 40.2. The van der Waals surface area contributed by atoms with Crippen molar-refractivity contribution in [2.24, 2.45) is 5.92 Å². The molecule has 0 aromatic carbocycles. The normalized spacial score (nSPS) is 13.8. The average molecular weight is 264 g/mol. The van der Waals surface area contributed by atoms with Crippen LogP contribution in [-0.2, 0) is 14.5 Å². The van der Waals surface area contributed by atoms with E-state index in [9.17, 15) is 25.0 Å². The molecular formula is C9H16N2O7. The Balaban J connectivity index is 4.43. The molecule has 9 nitrogen and oxygen atoms in total. The van der Waals surface area contributed by atoms with Gasteiger partial charge in [0, 0.05) is 12.3 Å². The number of carbonyl (C=O) groups excluding carboxylic acids is 1. The quantitative estimate of drug-likeness (QED) is 0.452. The summed E-state index contributed by atoms with van der Waals surface area (Å²) in [5.74, 6) is -0.298. The second-order valence-electron chi connectivity index (χ2n) is 4.06. The Labute approximate surface area is 103 Å². The van der Waals surface area contributed by atoms with E-state index in [1.807, 2.05) is 0 Å². The molecule has 0 unspecified atom stereocenters. The maximum absolute atomic E-state index is 11.4. The molecule has 0 saturated heterocycles. The van der Waals surface area contributed by atoms with E-state index in [1.54, 1.807) is 13.8 Å². The Morgan fingerprint density at radius 3 is 2.00 bits per heavy atom. The molecule has 18 heavy (non-hydrogen) atoms. The van der Waals surface area contributed by atoms with Crippen LogP contribution in [0, 0.1) is 26.1 Å². The highest BCUT2D eigenvalue weighted by atomic mass is 17.0. The lowest BCUT2D eigenvalue weighted by molar-refractivity contribution is -0.798. The van der Waals surface area contributed by atoms with Gasteiger partial charge in [0.15, 0.2) is 0 Å². The van der Waals surface area contributed by atoms with Crippen LogP contribution in [0.2, 0.25) is 0 Å². The van der Waals surface area contributed by atoms with Gasteiger partial charge in [0.25, 0.3) is 10.2 Å². The molecule has 0 radical (unpaired) electrons. The molecule has 0 aliphatic rings. The van der Waals surface area contributed by atoms with E-state index >= 15 is 0 Å². The molecule has 9 heteroatoms. The van der Waals surface area contributed by atoms with E-state index in [0.717, 1.165) is 0 Å². The predicted octanol–water partition coefficient (Wildman–Crippen LogP) is 1.17. The molecule has 0 N–H and O–H groups in total. The first-order chi connectivity index (χ1) is 8.23. The van der Waals surface area contributed by atoms with Crippen molar-refractivity contribution in [2.45, 2.75) is 45.8 Å². The van der Waals surface area contributed by atoms with E-state index in [2.05, 4.69) is 9.68 Å². The van der Waals surface area contributed by atoms with Crippen molar-refractivity contribution in [3.8, 4) is 0 Å². The first-order valence-electron chi connectivity index (χ1n) is 5.39. The summed E-state index contributed by atoms with van der Waals surface area (Å²) in [6, 6.07) is 0. The van der Waals surface area contributed by atoms with Crippen molar-refractivity contribution in [2.75, 3.05) is 0 Å². The first-order valence-corrected chi connectivity index (χ1v) is 5.39. The highest BCUT2D eigenvalue weighted by molar-refractivity contribution is 5.80. The van der Waals surface area contributed by atoms with Gasteiger partial charge in [-0.15, -0.1) is 20.2 Å². The molecule has 0 aromatic heterocycles. The second-order valence-corrected chi connectivity index (χ2v) is 4.06. The standard InChI is InChI=1S/C9H16N2O7/c1-6(2)8(12)4-5-9(18-11(15)16)7(3)17-10(13)14/h6-7,9H,4-5H2,1-3H3/t7-,9+/m0/s1. The van der Waals surface area contributed by atoms with Gasteiger partial charge in [-0.1, -0.05) is 13.8 Å². The zero-order valence-electron chi connectivity index (χ0n) is 10.4. The predicted molar refractivity (Wildman–Crippen MR) is 58.5 cm³/mol. The highest BCUT2D eigenvalue weighted by Gasteiger charge is 2.25. The molecular weight excluding hydrogens is 248 g/mol. The fourth-order valence-electron chi connectivity index (χ4n) is 1.26. The van der Waals surface area contributed by atoms with Crippen LogP contribution in [0.25, 0.3) is 0 Å². The van der Waals surface area contributed by atoms with Crippen LogP contribution in [-0.4, -0.2) is 28.2 Å². The summed E-state index contributed by atoms with van der Waals surface area (Å²) in [5.41, 5.74) is 0. The van der Waals surface area contributed by atoms with E-state index < -0.39 is 22.4 Å². The van der Waals surface area contributed by atoms with Gasteiger partial charge in [-0.25, -0.2) is 0 Å². The van der Waals surface area contributed by atoms with Gasteiger partial charge < -0.3 is 9.68 Å². The minimum Gasteiger partial charge on any atom is -0.309 e. The number of carbonyl (C=O) groups is 1. The van der Waals surface area contributed by atoms with Crippen LogP contribution in [0.4, 0.5) is 0 Å². The van der Waals surface area contributed by atoms with E-state index in [4.69, 9.17) is 0 Å². The summed E-state index contributed by atoms with van der Waals surface area (Å²) >= 11 is 0. The lowest BCUT2D eigenvalue weighted by Gasteiger charge is -2.20. The third-order valence-electron chi connectivity index (χ3n) is 2.32. The third-order valence-corrected chi connectivity index (χ3v) is 2.32. The Morgan fingerprint density at radius 1 is 1.11 bits per heavy atom. The molecule has 0 amide bonds. The van der Waals surface area contributed by atoms with E-state index in [-0.39, 0.29) is 24.5 Å². The van der Waals surface area contributed by atoms with Crippen LogP contribution in [0.5, 0.6) is 0 Å². The number of hydrogen-bond donors (Lipinski definition) is 0. The van der Waals surface area contributed by atoms with Crippen molar-refractivity contribution >= 4 is 5.78 Å². The third kappa shape index (κ3) is 6.61. The fourth-order valence-corrected chi connectivity index (χ4v) is 1.26. The number of ketones is 1. The molecule has 0 aliphatic heterocycles. The Morgan fingerprint density at radius 2 is 1.61 bits per heavy atom. The average Bonchev–Trinajstić information content (AvgIpc) is 2.21. The maximum Gasteiger partial charge on any atom is 0.294 e. The number of Topliss-reactive ketones (excluding diaryl/α,β-unsaturated/α-hetero) is 1. The van der Waals surface area contributed by atoms with Gasteiger partial charge in [0.2, 0.25) is 0 Å². The number of rotatable bonds is 9. The zero-order valence-corrected chi connectivity index (χ0v) is 10.4. The van der Waals surface area contributed by atoms with Gasteiger partial charge in [0.05, 0.1) is 0 Å². The topological polar surface area (TPSA) is 122 Å². The Kier molecular flexibility index (Phi) is 6.61. The van der Waals surface area contributed by atoms with Crippen molar-refractivity contribution in [1.29, 1.82) is 0 Å². The molecule has 0 aliphatic carbocycles. The minimum absolute atomic E-state index is 0.00694. The molecule has 0 saturated carbocycles. The van der Waals surface area contributed by atoms with E-state index in [0.29, 0.717) is 0 Å². The van der Waals surface area contributed by atoms with Gasteiger partial charge in [-0.3, -0.25) is 4.79 Å². The SMILES string of the molecule is CC(C)C(=O)CC[C@@H](O[N+](=O)[O-])[C@H](C)O[N+](=O)[O-]. The summed E-state index contributed by atoms with van der Waals surface area (Å²) in [7, 11) is 0. The Bertz CT molecular complexity index is 318. The van der Waals surface area contributed by atoms with Crippen molar-refractivity contribution in [3.05, 3.63) is 20.2 Å². The minimum atomic E-state index is -1.15. The summed E-state index contributed by atoms with van der Waals surface area (Å²) < 4.78 is 0. The highest BCUT2D eigenvalue weighted by Crippen LogP contribution is 2.13. The Hall–Kier alpha value is -1.93. The van der Waals surface area contributed by atoms with Crippen LogP contribution in [0.3, 0.4) is 0 Å². The second kappa shape index (κ2) is 7.41. The molecule has 104 valence electrons. The van der Waals surface area contributed by atoms with Gasteiger partial charge in [0.1, 0.15) is 18.0 Å². The number of nitrogens with zero attached hydrogens (tertiary/aromatic N) is 2. The van der Waals surface area contributed by atoms with Crippen LogP contribution < -0.4 is 0 Å². The molecule has 0 bridgehead atoms. The molecule has 0 rings (SSSR count). The smallest absolute Gasteiger partial charge is 0.294 e. The van der Waals surface area contributed by atoms with Gasteiger partial charge >= 0.3 is 0 Å². The summed E-state index contributed by atoms with van der Waals surface area (Å²) in [6.07, 6.45) is -2.23. The summed E-state index contributed by atoms with van der Waals surface area (Å²) in [5, 5.41) is 18.3. The lowest BCUT2D eigenvalue weighted by Crippen LogP contribution is -2.33. The van der Waals surface area contributed by atoms with Crippen LogP contribution in [0.15, 0.2) is 0 Å². The number of hydrogen-bond acceptors (Lipinski definition) is 7. The molecule has 0 heterocycles.